The van der Waals surface area contributed by atoms with E-state index in [2.05, 4.69) is 22.4 Å². The highest BCUT2D eigenvalue weighted by molar-refractivity contribution is 5.92. The highest BCUT2D eigenvalue weighted by atomic mass is 16.5. The van der Waals surface area contributed by atoms with Gasteiger partial charge in [-0.15, -0.1) is 0 Å². The Morgan fingerprint density at radius 1 is 1.12 bits per heavy atom. The monoisotopic (exact) mass is 332 g/mol. The molecule has 0 atom stereocenters. The van der Waals surface area contributed by atoms with Crippen LogP contribution in [0.3, 0.4) is 0 Å². The fourth-order valence-electron chi connectivity index (χ4n) is 3.32. The van der Waals surface area contributed by atoms with E-state index < -0.39 is 0 Å². The van der Waals surface area contributed by atoms with Crippen LogP contribution in [0.25, 0.3) is 10.9 Å². The first-order valence-corrected chi connectivity index (χ1v) is 8.60. The summed E-state index contributed by atoms with van der Waals surface area (Å²) in [6, 6.07) is 15.9. The Balaban J connectivity index is 1.45. The number of hydrogen-bond donors (Lipinski definition) is 1. The average Bonchev–Trinajstić information content (AvgIpc) is 3.07. The van der Waals surface area contributed by atoms with Crippen molar-refractivity contribution in [2.75, 3.05) is 11.9 Å². The van der Waals surface area contributed by atoms with E-state index in [9.17, 15) is 4.79 Å². The Morgan fingerprint density at radius 3 is 2.92 bits per heavy atom. The number of amides is 1. The molecule has 0 bridgehead atoms. The molecular formula is C21H20N2O2. The molecule has 1 aliphatic rings. The maximum absolute atomic E-state index is 12.2. The summed E-state index contributed by atoms with van der Waals surface area (Å²) in [6.45, 7) is 1.91. The fourth-order valence-corrected chi connectivity index (χ4v) is 3.32. The molecule has 0 saturated carbocycles. The van der Waals surface area contributed by atoms with E-state index in [4.69, 9.17) is 4.74 Å². The highest BCUT2D eigenvalue weighted by Crippen LogP contribution is 2.26. The third kappa shape index (κ3) is 3.33. The number of fused-ring (bicyclic) bond motifs is 2. The van der Waals surface area contributed by atoms with Crippen LogP contribution in [-0.4, -0.2) is 17.5 Å². The average molecular weight is 332 g/mol. The van der Waals surface area contributed by atoms with E-state index in [0.29, 0.717) is 5.75 Å². The molecule has 3 aromatic rings. The topological polar surface area (TPSA) is 51.2 Å². The number of carbonyl (C=O) groups excluding carboxylic acids is 1. The molecule has 0 fully saturated rings. The predicted octanol–water partition coefficient (Wildman–Crippen LogP) is 4.05. The number of aryl methyl sites for hydroxylation is 3. The normalized spacial score (nSPS) is 12.8. The number of nitrogens with zero attached hydrogens (tertiary/aromatic N) is 1. The van der Waals surface area contributed by atoms with Crippen LogP contribution in [0.4, 0.5) is 5.69 Å². The highest BCUT2D eigenvalue weighted by Gasteiger charge is 2.12. The van der Waals surface area contributed by atoms with E-state index in [1.807, 2.05) is 43.3 Å². The molecule has 25 heavy (non-hydrogen) atoms. The lowest BCUT2D eigenvalue weighted by Gasteiger charge is -2.10. The summed E-state index contributed by atoms with van der Waals surface area (Å²) in [4.78, 5) is 16.8. The summed E-state index contributed by atoms with van der Waals surface area (Å²) in [5, 5.41) is 3.92. The molecule has 1 aromatic heterocycles. The van der Waals surface area contributed by atoms with Crippen molar-refractivity contribution in [2.45, 2.75) is 26.2 Å². The molecule has 1 aliphatic carbocycles. The van der Waals surface area contributed by atoms with Crippen LogP contribution in [0.5, 0.6) is 5.75 Å². The maximum Gasteiger partial charge on any atom is 0.262 e. The molecule has 0 radical (unpaired) electrons. The molecular weight excluding hydrogens is 312 g/mol. The Labute approximate surface area is 146 Å². The first-order chi connectivity index (χ1) is 12.2. The molecule has 0 unspecified atom stereocenters. The van der Waals surface area contributed by atoms with Crippen molar-refractivity contribution in [2.24, 2.45) is 0 Å². The lowest BCUT2D eigenvalue weighted by atomic mass is 10.1. The molecule has 4 rings (SSSR count). The number of anilines is 1. The van der Waals surface area contributed by atoms with Crippen molar-refractivity contribution in [3.05, 3.63) is 65.4 Å². The maximum atomic E-state index is 12.2. The summed E-state index contributed by atoms with van der Waals surface area (Å²) in [7, 11) is 0. The fraction of sp³-hybridized carbons (Fsp3) is 0.238. The van der Waals surface area contributed by atoms with Gasteiger partial charge in [0.15, 0.2) is 6.61 Å². The van der Waals surface area contributed by atoms with Crippen molar-refractivity contribution >= 4 is 22.5 Å². The lowest BCUT2D eigenvalue weighted by molar-refractivity contribution is -0.118. The number of hydrogen-bond acceptors (Lipinski definition) is 3. The zero-order valence-electron chi connectivity index (χ0n) is 14.2. The van der Waals surface area contributed by atoms with Crippen LogP contribution in [0.2, 0.25) is 0 Å². The minimum Gasteiger partial charge on any atom is -0.481 e. The predicted molar refractivity (Wildman–Crippen MR) is 99.1 cm³/mol. The van der Waals surface area contributed by atoms with Gasteiger partial charge >= 0.3 is 0 Å². The van der Waals surface area contributed by atoms with Gasteiger partial charge in [-0.1, -0.05) is 24.3 Å². The molecule has 2 aromatic carbocycles. The first-order valence-electron chi connectivity index (χ1n) is 8.60. The van der Waals surface area contributed by atoms with E-state index >= 15 is 0 Å². The molecule has 4 heteroatoms. The number of rotatable bonds is 4. The van der Waals surface area contributed by atoms with Crippen molar-refractivity contribution in [1.82, 2.24) is 4.98 Å². The van der Waals surface area contributed by atoms with Gasteiger partial charge < -0.3 is 10.1 Å². The summed E-state index contributed by atoms with van der Waals surface area (Å²) < 4.78 is 5.73. The number of aromatic nitrogens is 1. The van der Waals surface area contributed by atoms with Gasteiger partial charge in [0.05, 0.1) is 0 Å². The number of carbonyl (C=O) groups is 1. The molecule has 1 heterocycles. The quantitative estimate of drug-likeness (QED) is 0.784. The zero-order valence-corrected chi connectivity index (χ0v) is 14.2. The minimum atomic E-state index is -0.164. The van der Waals surface area contributed by atoms with Crippen molar-refractivity contribution in [3.63, 3.8) is 0 Å². The van der Waals surface area contributed by atoms with Gasteiger partial charge in [0.2, 0.25) is 0 Å². The SMILES string of the molecule is Cc1ccc2cccc(OCC(=O)Nc3ccc4c(c3)CCC4)c2n1. The van der Waals surface area contributed by atoms with Crippen LogP contribution in [-0.2, 0) is 17.6 Å². The van der Waals surface area contributed by atoms with Crippen molar-refractivity contribution < 1.29 is 9.53 Å². The van der Waals surface area contributed by atoms with Crippen LogP contribution >= 0.6 is 0 Å². The summed E-state index contributed by atoms with van der Waals surface area (Å²) in [5.41, 5.74) is 5.28. The van der Waals surface area contributed by atoms with Crippen LogP contribution in [0, 0.1) is 6.92 Å². The number of ether oxygens (including phenoxy) is 1. The molecule has 1 amide bonds. The number of benzene rings is 2. The summed E-state index contributed by atoms with van der Waals surface area (Å²) in [5.74, 6) is 0.466. The summed E-state index contributed by atoms with van der Waals surface area (Å²) >= 11 is 0. The number of nitrogens with one attached hydrogen (secondary N) is 1. The molecule has 0 spiro atoms. The second-order valence-corrected chi connectivity index (χ2v) is 6.45. The zero-order chi connectivity index (χ0) is 17.2. The molecule has 4 nitrogen and oxygen atoms in total. The second-order valence-electron chi connectivity index (χ2n) is 6.45. The van der Waals surface area contributed by atoms with Crippen LogP contribution in [0.1, 0.15) is 23.2 Å². The summed E-state index contributed by atoms with van der Waals surface area (Å²) in [6.07, 6.45) is 3.43. The Kier molecular flexibility index (Phi) is 4.10. The van der Waals surface area contributed by atoms with Crippen LogP contribution in [0.15, 0.2) is 48.5 Å². The number of para-hydroxylation sites is 1. The first kappa shape index (κ1) is 15.6. The van der Waals surface area contributed by atoms with Gasteiger partial charge in [-0.2, -0.15) is 0 Å². The Morgan fingerprint density at radius 2 is 2.00 bits per heavy atom. The third-order valence-corrected chi connectivity index (χ3v) is 4.56. The van der Waals surface area contributed by atoms with Gasteiger partial charge in [0.1, 0.15) is 11.3 Å². The van der Waals surface area contributed by atoms with Crippen molar-refractivity contribution in [1.29, 1.82) is 0 Å². The molecule has 0 saturated heterocycles. The van der Waals surface area contributed by atoms with Gasteiger partial charge in [-0.05, 0) is 61.6 Å². The van der Waals surface area contributed by atoms with Gasteiger partial charge in [-0.3, -0.25) is 4.79 Å². The smallest absolute Gasteiger partial charge is 0.262 e. The van der Waals surface area contributed by atoms with Gasteiger partial charge in [0.25, 0.3) is 5.91 Å². The molecule has 0 aliphatic heterocycles. The van der Waals surface area contributed by atoms with E-state index in [0.717, 1.165) is 35.1 Å². The minimum absolute atomic E-state index is 0.0359. The lowest BCUT2D eigenvalue weighted by Crippen LogP contribution is -2.20. The van der Waals surface area contributed by atoms with Gasteiger partial charge in [0, 0.05) is 16.8 Å². The molecule has 1 N–H and O–H groups in total. The third-order valence-electron chi connectivity index (χ3n) is 4.56. The Bertz CT molecular complexity index is 950. The molecule has 126 valence electrons. The van der Waals surface area contributed by atoms with Gasteiger partial charge in [-0.25, -0.2) is 4.98 Å². The Hall–Kier alpha value is -2.88. The van der Waals surface area contributed by atoms with E-state index in [1.54, 1.807) is 0 Å². The number of pyridine rings is 1. The van der Waals surface area contributed by atoms with Crippen LogP contribution < -0.4 is 10.1 Å². The van der Waals surface area contributed by atoms with E-state index in [1.165, 1.54) is 17.5 Å². The second kappa shape index (κ2) is 6.55. The van der Waals surface area contributed by atoms with E-state index in [-0.39, 0.29) is 12.5 Å². The standard InChI is InChI=1S/C21H20N2O2/c1-14-8-9-16-5-3-7-19(21(16)22-14)25-13-20(24)23-18-11-10-15-4-2-6-17(15)12-18/h3,5,7-12H,2,4,6,13H2,1H3,(H,23,24). The largest absolute Gasteiger partial charge is 0.481 e. The van der Waals surface area contributed by atoms with Crippen molar-refractivity contribution in [3.8, 4) is 5.75 Å².